The van der Waals surface area contributed by atoms with Gasteiger partial charge in [-0.2, -0.15) is 0 Å². The molecule has 0 amide bonds. The molecular weight excluding hydrogens is 240 g/mol. The highest BCUT2D eigenvalue weighted by atomic mass is 16.7. The summed E-state index contributed by atoms with van der Waals surface area (Å²) >= 11 is 0. The molecule has 0 saturated heterocycles. The fourth-order valence-electron chi connectivity index (χ4n) is 1.77. The lowest BCUT2D eigenvalue weighted by atomic mass is 10.1. The van der Waals surface area contributed by atoms with Crippen molar-refractivity contribution >= 4 is 0 Å². The van der Waals surface area contributed by atoms with Gasteiger partial charge in [-0.15, -0.1) is 0 Å². The molecule has 0 aliphatic heterocycles. The first kappa shape index (κ1) is 13.6. The van der Waals surface area contributed by atoms with Crippen molar-refractivity contribution in [1.82, 2.24) is 0 Å². The molecule has 0 aromatic heterocycles. The number of hydrogen-bond donors (Lipinski definition) is 0. The largest absolute Gasteiger partial charge is 0.488 e. The van der Waals surface area contributed by atoms with Crippen LogP contribution >= 0.6 is 0 Å². The number of ether oxygens (including phenoxy) is 3. The van der Waals surface area contributed by atoms with Crippen molar-refractivity contribution in [3.05, 3.63) is 54.6 Å². The van der Waals surface area contributed by atoms with E-state index in [2.05, 4.69) is 12.1 Å². The molecule has 0 unspecified atom stereocenters. The minimum Gasteiger partial charge on any atom is -0.488 e. The first-order valence-electron chi connectivity index (χ1n) is 6.17. The molecule has 0 N–H and O–H groups in total. The predicted octanol–water partition coefficient (Wildman–Crippen LogP) is 3.35. The van der Waals surface area contributed by atoms with E-state index in [1.807, 2.05) is 42.5 Å². The smallest absolute Gasteiger partial charge is 0.191 e. The molecule has 0 atom stereocenters. The van der Waals surface area contributed by atoms with Gasteiger partial charge in [0.25, 0.3) is 0 Å². The quantitative estimate of drug-likeness (QED) is 0.744. The second kappa shape index (κ2) is 6.92. The molecular formula is C16H18O3. The fourth-order valence-corrected chi connectivity index (χ4v) is 1.77. The normalized spacial score (nSPS) is 10.7. The third kappa shape index (κ3) is 3.81. The Balaban J connectivity index is 1.99. The summed E-state index contributed by atoms with van der Waals surface area (Å²) in [7, 11) is 3.19. The molecule has 0 spiro atoms. The standard InChI is InChI=1S/C16H18O3/c1-17-16(18-2)12-19-15-10-8-14(9-11-15)13-6-4-3-5-7-13/h3-11,16H,12H2,1-2H3. The second-order valence-electron chi connectivity index (χ2n) is 4.10. The van der Waals surface area contributed by atoms with Crippen LogP contribution in [0.5, 0.6) is 5.75 Å². The zero-order chi connectivity index (χ0) is 13.5. The van der Waals surface area contributed by atoms with E-state index >= 15 is 0 Å². The minimum atomic E-state index is -0.339. The lowest BCUT2D eigenvalue weighted by Gasteiger charge is -2.14. The maximum absolute atomic E-state index is 5.59. The van der Waals surface area contributed by atoms with Crippen LogP contribution in [-0.2, 0) is 9.47 Å². The van der Waals surface area contributed by atoms with E-state index in [-0.39, 0.29) is 6.29 Å². The van der Waals surface area contributed by atoms with Crippen LogP contribution in [0.25, 0.3) is 11.1 Å². The van der Waals surface area contributed by atoms with Crippen LogP contribution in [0.2, 0.25) is 0 Å². The van der Waals surface area contributed by atoms with Crippen LogP contribution < -0.4 is 4.74 Å². The number of methoxy groups -OCH3 is 2. The zero-order valence-corrected chi connectivity index (χ0v) is 11.2. The van der Waals surface area contributed by atoms with Gasteiger partial charge in [0.2, 0.25) is 0 Å². The van der Waals surface area contributed by atoms with Crippen molar-refractivity contribution in [2.75, 3.05) is 20.8 Å². The molecule has 0 radical (unpaired) electrons. The number of benzene rings is 2. The van der Waals surface area contributed by atoms with Crippen LogP contribution in [0.1, 0.15) is 0 Å². The molecule has 2 rings (SSSR count). The topological polar surface area (TPSA) is 27.7 Å². The Morgan fingerprint density at radius 2 is 1.37 bits per heavy atom. The molecule has 0 aliphatic rings. The summed E-state index contributed by atoms with van der Waals surface area (Å²) in [5.41, 5.74) is 2.36. The number of hydrogen-bond acceptors (Lipinski definition) is 3. The molecule has 2 aromatic carbocycles. The van der Waals surface area contributed by atoms with E-state index in [9.17, 15) is 0 Å². The third-order valence-corrected chi connectivity index (χ3v) is 2.87. The summed E-state index contributed by atoms with van der Waals surface area (Å²) < 4.78 is 15.7. The second-order valence-corrected chi connectivity index (χ2v) is 4.10. The Morgan fingerprint density at radius 3 is 1.95 bits per heavy atom. The maximum atomic E-state index is 5.59. The summed E-state index contributed by atoms with van der Waals surface area (Å²) in [5, 5.41) is 0. The average molecular weight is 258 g/mol. The fraction of sp³-hybridized carbons (Fsp3) is 0.250. The molecule has 0 bridgehead atoms. The van der Waals surface area contributed by atoms with Gasteiger partial charge < -0.3 is 14.2 Å². The first-order valence-corrected chi connectivity index (χ1v) is 6.17. The zero-order valence-electron chi connectivity index (χ0n) is 11.2. The van der Waals surface area contributed by atoms with Crippen molar-refractivity contribution in [1.29, 1.82) is 0 Å². The minimum absolute atomic E-state index is 0.339. The van der Waals surface area contributed by atoms with Crippen LogP contribution in [0, 0.1) is 0 Å². The Morgan fingerprint density at radius 1 is 0.789 bits per heavy atom. The van der Waals surface area contributed by atoms with Gasteiger partial charge in [0, 0.05) is 14.2 Å². The molecule has 100 valence electrons. The van der Waals surface area contributed by atoms with E-state index < -0.39 is 0 Å². The van der Waals surface area contributed by atoms with Crippen molar-refractivity contribution in [3.8, 4) is 16.9 Å². The Hall–Kier alpha value is -1.84. The maximum Gasteiger partial charge on any atom is 0.191 e. The van der Waals surface area contributed by atoms with Gasteiger partial charge in [-0.1, -0.05) is 42.5 Å². The predicted molar refractivity (Wildman–Crippen MR) is 75.2 cm³/mol. The monoisotopic (exact) mass is 258 g/mol. The third-order valence-electron chi connectivity index (χ3n) is 2.87. The van der Waals surface area contributed by atoms with Gasteiger partial charge in [-0.05, 0) is 23.3 Å². The van der Waals surface area contributed by atoms with Gasteiger partial charge in [-0.3, -0.25) is 0 Å². The highest BCUT2D eigenvalue weighted by molar-refractivity contribution is 5.63. The van der Waals surface area contributed by atoms with Crippen LogP contribution in [0.15, 0.2) is 54.6 Å². The lowest BCUT2D eigenvalue weighted by molar-refractivity contribution is -0.121. The molecule has 0 saturated carbocycles. The summed E-state index contributed by atoms with van der Waals surface area (Å²) in [6.45, 7) is 0.373. The van der Waals surface area contributed by atoms with E-state index in [4.69, 9.17) is 14.2 Å². The van der Waals surface area contributed by atoms with Crippen molar-refractivity contribution in [3.63, 3.8) is 0 Å². The summed E-state index contributed by atoms with van der Waals surface area (Å²) in [6.07, 6.45) is -0.339. The highest BCUT2D eigenvalue weighted by Crippen LogP contribution is 2.22. The molecule has 3 nitrogen and oxygen atoms in total. The highest BCUT2D eigenvalue weighted by Gasteiger charge is 2.05. The molecule has 19 heavy (non-hydrogen) atoms. The Labute approximate surface area is 113 Å². The van der Waals surface area contributed by atoms with Gasteiger partial charge in [-0.25, -0.2) is 0 Å². The van der Waals surface area contributed by atoms with Gasteiger partial charge in [0.1, 0.15) is 12.4 Å². The molecule has 0 aliphatic carbocycles. The van der Waals surface area contributed by atoms with Gasteiger partial charge in [0.15, 0.2) is 6.29 Å². The van der Waals surface area contributed by atoms with Crippen molar-refractivity contribution in [2.45, 2.75) is 6.29 Å². The van der Waals surface area contributed by atoms with Crippen molar-refractivity contribution in [2.24, 2.45) is 0 Å². The Bertz CT molecular complexity index is 475. The van der Waals surface area contributed by atoms with Crippen LogP contribution in [0.4, 0.5) is 0 Å². The summed E-state index contributed by atoms with van der Waals surface area (Å²) in [4.78, 5) is 0. The van der Waals surface area contributed by atoms with Crippen LogP contribution in [0.3, 0.4) is 0 Å². The first-order chi connectivity index (χ1) is 9.33. The molecule has 0 heterocycles. The van der Waals surface area contributed by atoms with Crippen molar-refractivity contribution < 1.29 is 14.2 Å². The van der Waals surface area contributed by atoms with E-state index in [0.29, 0.717) is 6.61 Å². The SMILES string of the molecule is COC(COc1ccc(-c2ccccc2)cc1)OC. The van der Waals surface area contributed by atoms with Gasteiger partial charge in [0.05, 0.1) is 0 Å². The molecule has 0 fully saturated rings. The molecule has 2 aromatic rings. The summed E-state index contributed by atoms with van der Waals surface area (Å²) in [5.74, 6) is 0.804. The van der Waals surface area contributed by atoms with Crippen LogP contribution in [-0.4, -0.2) is 27.1 Å². The van der Waals surface area contributed by atoms with Gasteiger partial charge >= 0.3 is 0 Å². The van der Waals surface area contributed by atoms with E-state index in [0.717, 1.165) is 5.75 Å². The summed E-state index contributed by atoms with van der Waals surface area (Å²) in [6, 6.07) is 18.2. The lowest BCUT2D eigenvalue weighted by Crippen LogP contribution is -2.21. The molecule has 3 heteroatoms. The average Bonchev–Trinajstić information content (AvgIpc) is 2.50. The van der Waals surface area contributed by atoms with E-state index in [1.165, 1.54) is 11.1 Å². The van der Waals surface area contributed by atoms with E-state index in [1.54, 1.807) is 14.2 Å². The Kier molecular flexibility index (Phi) is 4.95. The number of rotatable bonds is 6.